The highest BCUT2D eigenvalue weighted by Gasteiger charge is 1.97. The van der Waals surface area contributed by atoms with Crippen molar-refractivity contribution in [2.75, 3.05) is 0 Å². The maximum atomic E-state index is 10.3. The van der Waals surface area contributed by atoms with Gasteiger partial charge in [0.1, 0.15) is 5.75 Å². The predicted molar refractivity (Wildman–Crippen MR) is 123 cm³/mol. The van der Waals surface area contributed by atoms with Gasteiger partial charge in [-0.1, -0.05) is 98.6 Å². The van der Waals surface area contributed by atoms with Gasteiger partial charge in [-0.3, -0.25) is 4.79 Å². The molecule has 0 aliphatic rings. The Balaban J connectivity index is 0.000000397. The van der Waals surface area contributed by atoms with Crippen LogP contribution in [0, 0.1) is 13.8 Å². The third kappa shape index (κ3) is 13.7. The summed E-state index contributed by atoms with van der Waals surface area (Å²) in [4.78, 5) is 10.3. The first kappa shape index (κ1) is 25.9. The summed E-state index contributed by atoms with van der Waals surface area (Å²) in [5.74, 6) is -0.462. The number of carboxylic acid groups (broad SMARTS) is 1. The first-order chi connectivity index (χ1) is 13.9. The number of benzene rings is 3. The second-order valence-corrected chi connectivity index (χ2v) is 6.23. The van der Waals surface area contributed by atoms with Crippen molar-refractivity contribution in [1.29, 1.82) is 0 Å². The van der Waals surface area contributed by atoms with Crippen LogP contribution in [0.5, 0.6) is 5.75 Å². The van der Waals surface area contributed by atoms with Gasteiger partial charge >= 0.3 is 5.97 Å². The standard InChI is InChI=1S/C9H10O2.C9H12.C6H6O.C2H6/c1-7-2-4-8(5-3-7)6-9(10)11;1-3-9-6-4-8(2)5-7-9;7-6-4-2-1-3-5-6;1-2/h2-5H,6H2,1H3,(H,10,11);4-7H,3H2,1-2H3;1-5,7H;1-2H3. The average molecular weight is 395 g/mol. The van der Waals surface area contributed by atoms with E-state index in [2.05, 4.69) is 38.1 Å². The van der Waals surface area contributed by atoms with E-state index in [0.29, 0.717) is 5.75 Å². The molecule has 3 nitrogen and oxygen atoms in total. The van der Waals surface area contributed by atoms with Crippen LogP contribution in [0.25, 0.3) is 0 Å². The Morgan fingerprint density at radius 2 is 1.14 bits per heavy atom. The normalized spacial score (nSPS) is 8.86. The number of aromatic hydroxyl groups is 1. The molecule has 0 spiro atoms. The molecule has 0 saturated carbocycles. The van der Waals surface area contributed by atoms with E-state index >= 15 is 0 Å². The fourth-order valence-electron chi connectivity index (χ4n) is 2.13. The third-order valence-electron chi connectivity index (χ3n) is 3.76. The van der Waals surface area contributed by atoms with Gasteiger partial charge in [-0.2, -0.15) is 0 Å². The van der Waals surface area contributed by atoms with Gasteiger partial charge in [0.15, 0.2) is 0 Å². The number of carbonyl (C=O) groups is 1. The van der Waals surface area contributed by atoms with Gasteiger partial charge in [-0.15, -0.1) is 0 Å². The number of rotatable bonds is 3. The van der Waals surface area contributed by atoms with Gasteiger partial charge in [0, 0.05) is 0 Å². The first-order valence-corrected chi connectivity index (χ1v) is 9.97. The third-order valence-corrected chi connectivity index (χ3v) is 3.76. The highest BCUT2D eigenvalue weighted by atomic mass is 16.4. The van der Waals surface area contributed by atoms with Crippen LogP contribution in [0.4, 0.5) is 0 Å². The molecule has 156 valence electrons. The lowest BCUT2D eigenvalue weighted by molar-refractivity contribution is -0.136. The van der Waals surface area contributed by atoms with Crippen molar-refractivity contribution in [3.8, 4) is 5.75 Å². The van der Waals surface area contributed by atoms with Crippen LogP contribution in [0.15, 0.2) is 78.9 Å². The second-order valence-electron chi connectivity index (χ2n) is 6.23. The largest absolute Gasteiger partial charge is 0.508 e. The SMILES string of the molecule is CC.CCc1ccc(C)cc1.Cc1ccc(CC(=O)O)cc1.Oc1ccccc1. The zero-order valence-electron chi connectivity index (χ0n) is 18.2. The molecule has 3 aromatic carbocycles. The minimum absolute atomic E-state index is 0.111. The topological polar surface area (TPSA) is 57.5 Å². The van der Waals surface area contributed by atoms with E-state index in [1.54, 1.807) is 24.3 Å². The monoisotopic (exact) mass is 394 g/mol. The van der Waals surface area contributed by atoms with E-state index in [4.69, 9.17) is 10.2 Å². The molecular formula is C26H34O3. The molecule has 0 saturated heterocycles. The number of hydrogen-bond donors (Lipinski definition) is 2. The summed E-state index contributed by atoms with van der Waals surface area (Å²) in [7, 11) is 0. The Labute approximate surface area is 175 Å². The molecule has 0 fully saturated rings. The number of para-hydroxylation sites is 1. The van der Waals surface area contributed by atoms with E-state index in [1.165, 1.54) is 11.1 Å². The number of aryl methyl sites for hydroxylation is 3. The summed E-state index contributed by atoms with van der Waals surface area (Å²) in [5.41, 5.74) is 4.76. The predicted octanol–water partition coefficient (Wildman–Crippen LogP) is 6.60. The molecule has 0 aliphatic heterocycles. The lowest BCUT2D eigenvalue weighted by Gasteiger charge is -1.96. The lowest BCUT2D eigenvalue weighted by atomic mass is 10.1. The van der Waals surface area contributed by atoms with Crippen LogP contribution in [-0.4, -0.2) is 16.2 Å². The molecule has 0 heterocycles. The Kier molecular flexibility index (Phi) is 14.2. The van der Waals surface area contributed by atoms with Crippen LogP contribution in [0.1, 0.15) is 43.0 Å². The summed E-state index contributed by atoms with van der Waals surface area (Å²) in [6.07, 6.45) is 1.25. The molecule has 0 aromatic heterocycles. The summed E-state index contributed by atoms with van der Waals surface area (Å²) in [6, 6.07) is 24.9. The minimum atomic E-state index is -0.783. The fourth-order valence-corrected chi connectivity index (χ4v) is 2.13. The summed E-state index contributed by atoms with van der Waals surface area (Å²) >= 11 is 0. The number of carboxylic acids is 1. The first-order valence-electron chi connectivity index (χ1n) is 9.97. The van der Waals surface area contributed by atoms with Crippen molar-refractivity contribution in [3.63, 3.8) is 0 Å². The fraction of sp³-hybridized carbons (Fsp3) is 0.269. The van der Waals surface area contributed by atoms with Gasteiger partial charge in [0.25, 0.3) is 0 Å². The van der Waals surface area contributed by atoms with Crippen molar-refractivity contribution in [3.05, 3.63) is 101 Å². The van der Waals surface area contributed by atoms with Gasteiger partial charge in [0.05, 0.1) is 6.42 Å². The molecule has 0 bridgehead atoms. The number of phenolic OH excluding ortho intramolecular Hbond substituents is 1. The maximum absolute atomic E-state index is 10.3. The molecule has 3 aromatic rings. The lowest BCUT2D eigenvalue weighted by Crippen LogP contribution is -1.99. The van der Waals surface area contributed by atoms with Gasteiger partial charge in [0.2, 0.25) is 0 Å². The minimum Gasteiger partial charge on any atom is -0.508 e. The molecule has 0 atom stereocenters. The summed E-state index contributed by atoms with van der Waals surface area (Å²) in [5, 5.41) is 17.1. The Bertz CT molecular complexity index is 776. The van der Waals surface area contributed by atoms with Gasteiger partial charge in [-0.25, -0.2) is 0 Å². The van der Waals surface area contributed by atoms with E-state index in [0.717, 1.165) is 17.5 Å². The smallest absolute Gasteiger partial charge is 0.307 e. The molecule has 2 N–H and O–H groups in total. The molecule has 0 aliphatic carbocycles. The van der Waals surface area contributed by atoms with Crippen LogP contribution >= 0.6 is 0 Å². The van der Waals surface area contributed by atoms with Crippen molar-refractivity contribution in [2.45, 2.75) is 47.5 Å². The molecule has 0 unspecified atom stereocenters. The van der Waals surface area contributed by atoms with E-state index in [1.807, 2.05) is 51.1 Å². The van der Waals surface area contributed by atoms with Crippen LogP contribution < -0.4 is 0 Å². The van der Waals surface area contributed by atoms with E-state index in [9.17, 15) is 4.79 Å². The van der Waals surface area contributed by atoms with Crippen LogP contribution in [-0.2, 0) is 17.6 Å². The van der Waals surface area contributed by atoms with Crippen molar-refractivity contribution < 1.29 is 15.0 Å². The second kappa shape index (κ2) is 15.9. The van der Waals surface area contributed by atoms with Crippen LogP contribution in [0.3, 0.4) is 0 Å². The Hall–Kier alpha value is -3.07. The van der Waals surface area contributed by atoms with Crippen LogP contribution in [0.2, 0.25) is 0 Å². The summed E-state index contributed by atoms with van der Waals surface area (Å²) < 4.78 is 0. The number of phenols is 1. The molecule has 3 rings (SSSR count). The van der Waals surface area contributed by atoms with E-state index in [-0.39, 0.29) is 6.42 Å². The Morgan fingerprint density at radius 1 is 0.724 bits per heavy atom. The van der Waals surface area contributed by atoms with E-state index < -0.39 is 5.97 Å². The quantitative estimate of drug-likeness (QED) is 0.526. The Morgan fingerprint density at radius 3 is 1.45 bits per heavy atom. The number of aliphatic carboxylic acids is 1. The highest BCUT2D eigenvalue weighted by molar-refractivity contribution is 5.70. The molecule has 29 heavy (non-hydrogen) atoms. The molecule has 0 radical (unpaired) electrons. The van der Waals surface area contributed by atoms with Crippen molar-refractivity contribution in [2.24, 2.45) is 0 Å². The molecule has 3 heteroatoms. The highest BCUT2D eigenvalue weighted by Crippen LogP contribution is 2.04. The maximum Gasteiger partial charge on any atom is 0.307 e. The zero-order valence-corrected chi connectivity index (χ0v) is 18.2. The average Bonchev–Trinajstić information content (AvgIpc) is 2.73. The zero-order chi connectivity index (χ0) is 22.1. The van der Waals surface area contributed by atoms with Gasteiger partial charge in [-0.05, 0) is 43.5 Å². The van der Waals surface area contributed by atoms with Crippen molar-refractivity contribution in [1.82, 2.24) is 0 Å². The number of hydrogen-bond acceptors (Lipinski definition) is 2. The summed E-state index contributed by atoms with van der Waals surface area (Å²) in [6.45, 7) is 10.3. The van der Waals surface area contributed by atoms with Crippen molar-refractivity contribution >= 4 is 5.97 Å². The molecule has 0 amide bonds. The van der Waals surface area contributed by atoms with Gasteiger partial charge < -0.3 is 10.2 Å². The molecular weight excluding hydrogens is 360 g/mol.